The Kier molecular flexibility index (Phi) is 8.50. The van der Waals surface area contributed by atoms with Gasteiger partial charge in [-0.05, 0) is 68.8 Å². The molecule has 212 valence electrons. The van der Waals surface area contributed by atoms with E-state index in [2.05, 4.69) is 5.32 Å². The molecule has 1 aromatic heterocycles. The van der Waals surface area contributed by atoms with Crippen LogP contribution in [-0.4, -0.2) is 46.6 Å². The molecule has 0 aliphatic carbocycles. The van der Waals surface area contributed by atoms with Gasteiger partial charge in [0.1, 0.15) is 11.8 Å². The summed E-state index contributed by atoms with van der Waals surface area (Å²) >= 11 is 6.22. The summed E-state index contributed by atoms with van der Waals surface area (Å²) in [6.45, 7) is 7.21. The molecule has 0 radical (unpaired) electrons. The van der Waals surface area contributed by atoms with Crippen LogP contribution >= 0.6 is 11.6 Å². The van der Waals surface area contributed by atoms with Gasteiger partial charge in [0.2, 0.25) is 5.91 Å². The number of ether oxygens (including phenoxy) is 2. The largest absolute Gasteiger partial charge is 0.495 e. The molecule has 3 aromatic rings. The highest BCUT2D eigenvalue weighted by molar-refractivity contribution is 6.31. The number of carbonyl (C=O) groups excluding carboxylic acids is 2. The molecule has 0 saturated heterocycles. The van der Waals surface area contributed by atoms with E-state index in [0.717, 1.165) is 16.8 Å². The van der Waals surface area contributed by atoms with Crippen LogP contribution in [-0.2, 0) is 9.53 Å². The maximum Gasteiger partial charge on any atom is 0.335 e. The number of rotatable bonds is 11. The van der Waals surface area contributed by atoms with E-state index in [1.165, 1.54) is 42.5 Å². The van der Waals surface area contributed by atoms with Crippen LogP contribution in [0.25, 0.3) is 11.1 Å². The molecule has 2 N–H and O–H groups in total. The lowest BCUT2D eigenvalue weighted by Gasteiger charge is -2.24. The topological polar surface area (TPSA) is 124 Å². The molecular formula is C30H33ClN2O7. The fraction of sp³-hybridized carbons (Fsp3) is 0.333. The van der Waals surface area contributed by atoms with Crippen LogP contribution in [0.15, 0.2) is 59.5 Å². The van der Waals surface area contributed by atoms with E-state index in [4.69, 9.17) is 30.3 Å². The molecule has 1 heterocycles. The van der Waals surface area contributed by atoms with Gasteiger partial charge in [-0.15, -0.1) is 0 Å². The van der Waals surface area contributed by atoms with Gasteiger partial charge in [0.25, 0.3) is 5.56 Å². The third-order valence-corrected chi connectivity index (χ3v) is 6.25. The lowest BCUT2D eigenvalue weighted by atomic mass is 9.96. The number of anilines is 1. The van der Waals surface area contributed by atoms with Crippen LogP contribution in [0.3, 0.4) is 0 Å². The van der Waals surface area contributed by atoms with Crippen molar-refractivity contribution in [3.8, 4) is 16.9 Å². The van der Waals surface area contributed by atoms with Gasteiger partial charge < -0.3 is 19.9 Å². The van der Waals surface area contributed by atoms with Gasteiger partial charge in [-0.25, -0.2) is 4.79 Å². The van der Waals surface area contributed by atoms with E-state index in [-0.39, 0.29) is 63.9 Å². The minimum atomic E-state index is -2.94. The van der Waals surface area contributed by atoms with Crippen molar-refractivity contribution in [3.63, 3.8) is 0 Å². The fourth-order valence-electron chi connectivity index (χ4n) is 4.03. The minimum Gasteiger partial charge on any atom is -0.495 e. The highest BCUT2D eigenvalue weighted by atomic mass is 35.5. The van der Waals surface area contributed by atoms with Crippen molar-refractivity contribution in [2.75, 3.05) is 19.0 Å². The first-order valence-corrected chi connectivity index (χ1v) is 12.9. The molecule has 0 aliphatic heterocycles. The molecule has 0 aliphatic rings. The minimum absolute atomic E-state index is 0.0134. The third-order valence-electron chi connectivity index (χ3n) is 6.01. The SMILES string of the molecule is [2H]C([2H])([2H])Oc1cn([C@H](CCOC(C)(C)C)C(=O)Nc2ccc(C(=O)O)cc2)c(=O)cc1-c1cc(Cl)ccc1C(=O)CC. The number of Topliss-reactive ketones (excluding diaryl/α,β-unsaturated/α-hetero) is 1. The van der Waals surface area contributed by atoms with Crippen molar-refractivity contribution < 1.29 is 33.1 Å². The van der Waals surface area contributed by atoms with Gasteiger partial charge >= 0.3 is 5.97 Å². The predicted octanol–water partition coefficient (Wildman–Crippen LogP) is 5.85. The van der Waals surface area contributed by atoms with E-state index in [1.807, 2.05) is 20.8 Å². The van der Waals surface area contributed by atoms with Crippen LogP contribution in [0.4, 0.5) is 5.69 Å². The lowest BCUT2D eigenvalue weighted by molar-refractivity contribution is -0.120. The first kappa shape index (κ1) is 26.3. The number of carbonyl (C=O) groups is 3. The Morgan fingerprint density at radius 1 is 1.10 bits per heavy atom. The lowest BCUT2D eigenvalue weighted by Crippen LogP contribution is -2.34. The first-order chi connectivity index (χ1) is 20.0. The van der Waals surface area contributed by atoms with Gasteiger partial charge in [-0.1, -0.05) is 18.5 Å². The molecule has 1 amide bonds. The summed E-state index contributed by atoms with van der Waals surface area (Å²) < 4.78 is 35.3. The summed E-state index contributed by atoms with van der Waals surface area (Å²) in [5.74, 6) is -2.31. The van der Waals surface area contributed by atoms with E-state index < -0.39 is 36.1 Å². The molecule has 0 saturated carbocycles. The highest BCUT2D eigenvalue weighted by Crippen LogP contribution is 2.34. The van der Waals surface area contributed by atoms with Gasteiger partial charge in [-0.3, -0.25) is 19.0 Å². The number of hydrogen-bond acceptors (Lipinski definition) is 6. The van der Waals surface area contributed by atoms with Crippen molar-refractivity contribution in [2.24, 2.45) is 0 Å². The quantitative estimate of drug-likeness (QED) is 0.276. The molecule has 2 aromatic carbocycles. The van der Waals surface area contributed by atoms with Crippen LogP contribution < -0.4 is 15.6 Å². The molecule has 0 bridgehead atoms. The zero-order valence-corrected chi connectivity index (χ0v) is 23.4. The molecule has 0 spiro atoms. The Labute approximate surface area is 241 Å². The molecule has 3 rings (SSSR count). The van der Waals surface area contributed by atoms with Crippen molar-refractivity contribution >= 4 is 34.9 Å². The van der Waals surface area contributed by atoms with Crippen molar-refractivity contribution in [3.05, 3.63) is 81.2 Å². The van der Waals surface area contributed by atoms with E-state index in [1.54, 1.807) is 6.92 Å². The van der Waals surface area contributed by atoms with Gasteiger partial charge in [0.05, 0.1) is 28.5 Å². The molecule has 0 unspecified atom stereocenters. The molecule has 1 atom stereocenters. The highest BCUT2D eigenvalue weighted by Gasteiger charge is 2.26. The van der Waals surface area contributed by atoms with E-state index in [0.29, 0.717) is 0 Å². The summed E-state index contributed by atoms with van der Waals surface area (Å²) in [7, 11) is -2.94. The summed E-state index contributed by atoms with van der Waals surface area (Å²) in [4.78, 5) is 51.1. The number of nitrogens with one attached hydrogen (secondary N) is 1. The number of hydrogen-bond donors (Lipinski definition) is 2. The van der Waals surface area contributed by atoms with Crippen molar-refractivity contribution in [2.45, 2.75) is 52.2 Å². The van der Waals surface area contributed by atoms with E-state index in [9.17, 15) is 19.2 Å². The second kappa shape index (κ2) is 12.9. The smallest absolute Gasteiger partial charge is 0.335 e. The Morgan fingerprint density at radius 3 is 2.40 bits per heavy atom. The second-order valence-corrected chi connectivity index (χ2v) is 10.4. The average molecular weight is 572 g/mol. The first-order valence-electron chi connectivity index (χ1n) is 14.1. The maximum atomic E-state index is 13.6. The predicted molar refractivity (Wildman–Crippen MR) is 154 cm³/mol. The normalized spacial score (nSPS) is 13.5. The number of halogens is 1. The van der Waals surface area contributed by atoms with Gasteiger partial charge in [0, 0.05) is 47.4 Å². The van der Waals surface area contributed by atoms with Crippen molar-refractivity contribution in [1.29, 1.82) is 0 Å². The zero-order valence-electron chi connectivity index (χ0n) is 25.6. The Morgan fingerprint density at radius 2 is 1.80 bits per heavy atom. The molecule has 40 heavy (non-hydrogen) atoms. The number of carboxylic acid groups (broad SMARTS) is 1. The summed E-state index contributed by atoms with van der Waals surface area (Å²) in [6, 6.07) is 9.80. The number of methoxy groups -OCH3 is 1. The molecule has 0 fully saturated rings. The van der Waals surface area contributed by atoms with Crippen molar-refractivity contribution in [1.82, 2.24) is 4.57 Å². The monoisotopic (exact) mass is 571 g/mol. The average Bonchev–Trinajstić information content (AvgIpc) is 2.90. The van der Waals surface area contributed by atoms with Crippen LogP contribution in [0.1, 0.15) is 71.4 Å². The Hall–Kier alpha value is -3.95. The van der Waals surface area contributed by atoms with Crippen LogP contribution in [0, 0.1) is 0 Å². The molecular weight excluding hydrogens is 536 g/mol. The van der Waals surface area contributed by atoms with Crippen LogP contribution in [0.2, 0.25) is 5.02 Å². The number of ketones is 1. The number of aromatic carboxylic acids is 1. The number of aromatic nitrogens is 1. The standard InChI is InChI=1S/C30H33ClN2O7/c1-6-25(34)21-12-9-19(31)15-22(21)23-16-27(35)33(17-26(23)39-5)24(13-14-40-30(2,3)4)28(36)32-20-10-7-18(8-11-20)29(37)38/h7-12,15-17,24H,6,13-14H2,1-5H3,(H,32,36)(H,37,38)/t24-/m1/s1/i5D3. The summed E-state index contributed by atoms with van der Waals surface area (Å²) in [5, 5.41) is 12.1. The van der Waals surface area contributed by atoms with E-state index >= 15 is 0 Å². The Bertz CT molecular complexity index is 1560. The molecule has 9 nitrogen and oxygen atoms in total. The van der Waals surface area contributed by atoms with Gasteiger partial charge in [0.15, 0.2) is 5.78 Å². The number of pyridine rings is 1. The Balaban J connectivity index is 2.16. The second-order valence-electron chi connectivity index (χ2n) is 10.0. The summed E-state index contributed by atoms with van der Waals surface area (Å²) in [5.41, 5.74) is -0.482. The van der Waals surface area contributed by atoms with Gasteiger partial charge in [-0.2, -0.15) is 0 Å². The number of amides is 1. The maximum absolute atomic E-state index is 13.6. The number of benzene rings is 2. The third kappa shape index (κ3) is 7.58. The summed E-state index contributed by atoms with van der Waals surface area (Å²) in [6.07, 6.45) is 1.28. The number of carboxylic acids is 1. The number of nitrogens with zero attached hydrogens (tertiary/aromatic N) is 1. The zero-order chi connectivity index (χ0) is 32.1. The van der Waals surface area contributed by atoms with Crippen LogP contribution in [0.5, 0.6) is 5.75 Å². The molecule has 10 heteroatoms. The fourth-order valence-corrected chi connectivity index (χ4v) is 4.20.